The van der Waals surface area contributed by atoms with Gasteiger partial charge in [0, 0.05) is 6.07 Å². The van der Waals surface area contributed by atoms with Crippen molar-refractivity contribution in [2.75, 3.05) is 41.7 Å². The van der Waals surface area contributed by atoms with E-state index in [9.17, 15) is 19.5 Å². The summed E-state index contributed by atoms with van der Waals surface area (Å²) in [5.74, 6) is -0.880. The van der Waals surface area contributed by atoms with Crippen LogP contribution < -0.4 is 28.4 Å². The Morgan fingerprint density at radius 3 is 1.71 bits per heavy atom. The molecule has 1 aliphatic heterocycles. The molecule has 1 heterocycles. The third kappa shape index (κ3) is 6.71. The van der Waals surface area contributed by atoms with E-state index in [2.05, 4.69) is 15.9 Å². The van der Waals surface area contributed by atoms with Gasteiger partial charge in [-0.25, -0.2) is 4.90 Å². The minimum Gasteiger partial charge on any atom is -0.493 e. The van der Waals surface area contributed by atoms with Crippen LogP contribution in [0.2, 0.25) is 0 Å². The van der Waals surface area contributed by atoms with E-state index in [1.54, 1.807) is 36.4 Å². The van der Waals surface area contributed by atoms with Gasteiger partial charge in [0.05, 0.1) is 56.2 Å². The van der Waals surface area contributed by atoms with Gasteiger partial charge in [0.25, 0.3) is 17.7 Å². The maximum absolute atomic E-state index is 14.3. The first-order valence-electron chi connectivity index (χ1n) is 14.6. The molecule has 248 valence electrons. The molecule has 0 aromatic heterocycles. The number of halogens is 1. The van der Waals surface area contributed by atoms with Gasteiger partial charge in [-0.15, -0.1) is 0 Å². The second kappa shape index (κ2) is 15.1. The smallest absolute Gasteiger partial charge is 0.271 e. The molecule has 5 rings (SSSR count). The van der Waals surface area contributed by atoms with Crippen LogP contribution in [0.3, 0.4) is 0 Å². The van der Waals surface area contributed by atoms with Gasteiger partial charge in [-0.05, 0) is 63.0 Å². The molecule has 0 bridgehead atoms. The molecular formula is C36H32BrNO10. The van der Waals surface area contributed by atoms with E-state index in [0.717, 1.165) is 5.56 Å². The maximum atomic E-state index is 14.3. The molecule has 0 unspecified atom stereocenters. The number of benzene rings is 4. The molecule has 0 spiro atoms. The van der Waals surface area contributed by atoms with Gasteiger partial charge in [0.2, 0.25) is 0 Å². The van der Waals surface area contributed by atoms with Crippen molar-refractivity contribution in [3.63, 3.8) is 0 Å². The van der Waals surface area contributed by atoms with Crippen LogP contribution in [-0.2, 0) is 16.2 Å². The number of methoxy groups -OCH3 is 4. The molecule has 0 aliphatic carbocycles. The van der Waals surface area contributed by atoms with E-state index in [0.29, 0.717) is 49.2 Å². The number of ether oxygens (including phenoxy) is 6. The fraction of sp³-hybridized carbons (Fsp3) is 0.194. The molecule has 0 radical (unpaired) electrons. The molecule has 1 aliphatic rings. The number of amides is 3. The Hall–Kier alpha value is -5.33. The highest BCUT2D eigenvalue weighted by molar-refractivity contribution is 9.10. The molecule has 0 atom stereocenters. The summed E-state index contributed by atoms with van der Waals surface area (Å²) in [5, 5.41) is 9.50. The third-order valence-corrected chi connectivity index (χ3v) is 8.10. The van der Waals surface area contributed by atoms with Crippen molar-refractivity contribution in [1.82, 2.24) is 4.90 Å². The first-order chi connectivity index (χ1) is 23.3. The number of nitrogens with zero attached hydrogens (tertiary/aromatic N) is 1. The standard InChI is InChI=1S/C36H32BrNO10/c1-43-26-12-10-22(16-30(26)45-3)32-33(23-11-13-27(44-2)31(17-23)46-4)36(42)38(35(32)41)34(40)24-18-25(37)29(19-28(24)47-15-14-39)48-20-21-8-6-5-7-9-21/h5-13,16-19,39H,14-15,20H2,1-4H3. The molecule has 3 amide bonds. The SMILES string of the molecule is COc1ccc(C2=C(c3ccc(OC)c(OC)c3)C(=O)N(C(=O)c3cc(Br)c(OCc4ccccc4)cc3OCCO)C2=O)cc1OC. The largest absolute Gasteiger partial charge is 0.493 e. The molecule has 0 fully saturated rings. The zero-order valence-corrected chi connectivity index (χ0v) is 28.2. The Bertz CT molecular complexity index is 1810. The molecule has 11 nitrogen and oxygen atoms in total. The summed E-state index contributed by atoms with van der Waals surface area (Å²) in [6.45, 7) is -0.281. The zero-order chi connectivity index (χ0) is 34.4. The summed E-state index contributed by atoms with van der Waals surface area (Å²) in [7, 11) is 5.84. The van der Waals surface area contributed by atoms with E-state index < -0.39 is 17.7 Å². The van der Waals surface area contributed by atoms with Gasteiger partial charge in [-0.3, -0.25) is 14.4 Å². The van der Waals surface area contributed by atoms with Crippen LogP contribution in [0.4, 0.5) is 0 Å². The van der Waals surface area contributed by atoms with Gasteiger partial charge in [0.1, 0.15) is 24.7 Å². The van der Waals surface area contributed by atoms with Crippen LogP contribution in [0.1, 0.15) is 27.0 Å². The van der Waals surface area contributed by atoms with Gasteiger partial charge in [-0.2, -0.15) is 0 Å². The van der Waals surface area contributed by atoms with Crippen LogP contribution in [0, 0.1) is 0 Å². The lowest BCUT2D eigenvalue weighted by Crippen LogP contribution is -2.37. The second-order valence-electron chi connectivity index (χ2n) is 10.3. The van der Waals surface area contributed by atoms with E-state index >= 15 is 0 Å². The molecule has 4 aromatic rings. The van der Waals surface area contributed by atoms with Crippen molar-refractivity contribution >= 4 is 44.8 Å². The van der Waals surface area contributed by atoms with Crippen LogP contribution in [0.15, 0.2) is 83.3 Å². The Morgan fingerprint density at radius 1 is 0.667 bits per heavy atom. The second-order valence-corrected chi connectivity index (χ2v) is 11.1. The van der Waals surface area contributed by atoms with Gasteiger partial charge >= 0.3 is 0 Å². The number of aliphatic hydroxyl groups is 1. The van der Waals surface area contributed by atoms with Crippen LogP contribution in [0.5, 0.6) is 34.5 Å². The molecular weight excluding hydrogens is 686 g/mol. The van der Waals surface area contributed by atoms with Gasteiger partial charge in [-0.1, -0.05) is 42.5 Å². The first kappa shape index (κ1) is 34.0. The normalized spacial score (nSPS) is 12.7. The highest BCUT2D eigenvalue weighted by Gasteiger charge is 2.45. The summed E-state index contributed by atoms with van der Waals surface area (Å²) in [4.78, 5) is 43.4. The summed E-state index contributed by atoms with van der Waals surface area (Å²) in [6, 6.07) is 21.9. The van der Waals surface area contributed by atoms with Gasteiger partial charge < -0.3 is 33.5 Å². The van der Waals surface area contributed by atoms with Gasteiger partial charge in [0.15, 0.2) is 23.0 Å². The van der Waals surface area contributed by atoms with Crippen molar-refractivity contribution in [1.29, 1.82) is 0 Å². The molecule has 0 saturated carbocycles. The Morgan fingerprint density at radius 2 is 1.21 bits per heavy atom. The van der Waals surface area contributed by atoms with Crippen LogP contribution in [-0.4, -0.2) is 69.4 Å². The third-order valence-electron chi connectivity index (χ3n) is 7.48. The Kier molecular flexibility index (Phi) is 10.7. The predicted molar refractivity (Wildman–Crippen MR) is 180 cm³/mol. The summed E-state index contributed by atoms with van der Waals surface area (Å²) in [6.07, 6.45) is 0. The lowest BCUT2D eigenvalue weighted by atomic mass is 9.95. The van der Waals surface area contributed by atoms with E-state index in [4.69, 9.17) is 28.4 Å². The molecule has 12 heteroatoms. The highest BCUT2D eigenvalue weighted by Crippen LogP contribution is 2.42. The monoisotopic (exact) mass is 717 g/mol. The zero-order valence-electron chi connectivity index (χ0n) is 26.6. The minimum atomic E-state index is -0.943. The minimum absolute atomic E-state index is 0.00754. The number of imide groups is 3. The quantitative estimate of drug-likeness (QED) is 0.176. The lowest BCUT2D eigenvalue weighted by molar-refractivity contribution is -0.132. The lowest BCUT2D eigenvalue weighted by Gasteiger charge is -2.18. The summed E-state index contributed by atoms with van der Waals surface area (Å²) < 4.78 is 33.7. The number of rotatable bonds is 13. The first-order valence-corrected chi connectivity index (χ1v) is 15.4. The maximum Gasteiger partial charge on any atom is 0.271 e. The molecule has 4 aromatic carbocycles. The highest BCUT2D eigenvalue weighted by atomic mass is 79.9. The fourth-order valence-electron chi connectivity index (χ4n) is 5.18. The van der Waals surface area contributed by atoms with Crippen molar-refractivity contribution in [3.05, 3.63) is 106 Å². The fourth-order valence-corrected chi connectivity index (χ4v) is 5.63. The Balaban J connectivity index is 1.60. The molecule has 1 N–H and O–H groups in total. The number of aliphatic hydroxyl groups excluding tert-OH is 1. The van der Waals surface area contributed by atoms with Crippen LogP contribution >= 0.6 is 15.9 Å². The van der Waals surface area contributed by atoms with Crippen molar-refractivity contribution in [2.45, 2.75) is 6.61 Å². The van der Waals surface area contributed by atoms with E-state index in [-0.39, 0.29) is 42.3 Å². The number of hydrogen-bond acceptors (Lipinski definition) is 10. The van der Waals surface area contributed by atoms with E-state index in [1.807, 2.05) is 30.3 Å². The van der Waals surface area contributed by atoms with E-state index in [1.165, 1.54) is 40.6 Å². The average Bonchev–Trinajstić information content (AvgIpc) is 3.38. The van der Waals surface area contributed by atoms with Crippen molar-refractivity contribution < 1.29 is 47.9 Å². The van der Waals surface area contributed by atoms with Crippen molar-refractivity contribution in [2.24, 2.45) is 0 Å². The Labute approximate surface area is 285 Å². The topological polar surface area (TPSA) is 130 Å². The van der Waals surface area contributed by atoms with Crippen LogP contribution in [0.25, 0.3) is 11.1 Å². The summed E-state index contributed by atoms with van der Waals surface area (Å²) >= 11 is 3.45. The number of carbonyl (C=O) groups excluding carboxylic acids is 3. The number of hydrogen-bond donors (Lipinski definition) is 1. The molecule has 48 heavy (non-hydrogen) atoms. The summed E-state index contributed by atoms with van der Waals surface area (Å²) in [5.41, 5.74) is 1.35. The average molecular weight is 719 g/mol. The number of carbonyl (C=O) groups is 3. The van der Waals surface area contributed by atoms with Crippen molar-refractivity contribution in [3.8, 4) is 34.5 Å². The molecule has 0 saturated heterocycles. The predicted octanol–water partition coefficient (Wildman–Crippen LogP) is 5.55.